The molecule has 2 aliphatic heterocycles. The summed E-state index contributed by atoms with van der Waals surface area (Å²) in [5.41, 5.74) is 5.20. The molecule has 2 aromatic carbocycles. The third kappa shape index (κ3) is 8.47. The molecular weight excluding hydrogens is 690 g/mol. The van der Waals surface area contributed by atoms with Gasteiger partial charge >= 0.3 is 12.1 Å². The fraction of sp³-hybridized carbons (Fsp3) is 0.524. The Morgan fingerprint density at radius 2 is 1.78 bits per heavy atom. The molecule has 54 heavy (non-hydrogen) atoms. The Kier molecular flexibility index (Phi) is 11.1. The Morgan fingerprint density at radius 3 is 2.52 bits per heavy atom. The molecule has 1 saturated carbocycles. The van der Waals surface area contributed by atoms with E-state index < -0.39 is 12.0 Å². The van der Waals surface area contributed by atoms with Gasteiger partial charge in [0.05, 0.1) is 18.8 Å². The van der Waals surface area contributed by atoms with E-state index in [-0.39, 0.29) is 36.2 Å². The second-order valence-corrected chi connectivity index (χ2v) is 16.1. The Morgan fingerprint density at radius 1 is 0.981 bits per heavy atom. The van der Waals surface area contributed by atoms with Crippen LogP contribution >= 0.6 is 0 Å². The molecule has 288 valence electrons. The average Bonchev–Trinajstić information content (AvgIpc) is 3.74. The molecule has 0 radical (unpaired) electrons. The second kappa shape index (κ2) is 15.9. The maximum atomic E-state index is 14.8. The molecule has 2 aromatic heterocycles. The molecular formula is C42H52F2N6O4. The van der Waals surface area contributed by atoms with Crippen LogP contribution in [0, 0.1) is 5.92 Å². The molecule has 7 rings (SSSR count). The lowest BCUT2D eigenvalue weighted by Gasteiger charge is -2.34. The number of carbonyl (C=O) groups is 2. The first-order valence-electron chi connectivity index (χ1n) is 19.4. The van der Waals surface area contributed by atoms with Gasteiger partial charge in [0.15, 0.2) is 5.82 Å². The molecule has 2 atom stereocenters. The molecule has 0 spiro atoms. The van der Waals surface area contributed by atoms with Crippen molar-refractivity contribution >= 4 is 23.6 Å². The van der Waals surface area contributed by atoms with Gasteiger partial charge in [-0.2, -0.15) is 10.2 Å². The average molecular weight is 743 g/mol. The van der Waals surface area contributed by atoms with Crippen LogP contribution in [-0.4, -0.2) is 55.2 Å². The maximum Gasteiger partial charge on any atom is 0.410 e. The first-order valence-corrected chi connectivity index (χ1v) is 19.4. The zero-order valence-electron chi connectivity index (χ0n) is 31.9. The number of amides is 1. The number of nitrogens with zero attached hydrogens (tertiary/aromatic N) is 6. The molecule has 1 amide bonds. The van der Waals surface area contributed by atoms with E-state index >= 15 is 0 Å². The molecule has 12 heteroatoms. The molecule has 4 heterocycles. The number of alkyl halides is 2. The predicted octanol–water partition coefficient (Wildman–Crippen LogP) is 9.24. The van der Waals surface area contributed by atoms with Gasteiger partial charge in [-0.25, -0.2) is 13.6 Å². The van der Waals surface area contributed by atoms with Gasteiger partial charge in [-0.1, -0.05) is 43.2 Å². The van der Waals surface area contributed by atoms with Crippen LogP contribution in [0.15, 0.2) is 54.9 Å². The van der Waals surface area contributed by atoms with Crippen molar-refractivity contribution < 1.29 is 27.8 Å². The van der Waals surface area contributed by atoms with Gasteiger partial charge < -0.3 is 19.3 Å². The number of benzene rings is 2. The van der Waals surface area contributed by atoms with E-state index in [0.29, 0.717) is 43.6 Å². The summed E-state index contributed by atoms with van der Waals surface area (Å²) < 4.78 is 44.8. The molecule has 3 aliphatic rings. The van der Waals surface area contributed by atoms with Crippen molar-refractivity contribution in [2.75, 3.05) is 18.0 Å². The Hall–Kier alpha value is -4.74. The molecule has 4 aromatic rings. The van der Waals surface area contributed by atoms with Crippen LogP contribution in [-0.2, 0) is 47.3 Å². The van der Waals surface area contributed by atoms with Crippen molar-refractivity contribution in [1.29, 1.82) is 0 Å². The van der Waals surface area contributed by atoms with E-state index in [2.05, 4.69) is 14.7 Å². The number of hydrogen-bond acceptors (Lipinski definition) is 7. The minimum absolute atomic E-state index is 0.0364. The summed E-state index contributed by atoms with van der Waals surface area (Å²) in [4.78, 5) is 30.1. The highest BCUT2D eigenvalue weighted by molar-refractivity contribution is 5.77. The summed E-state index contributed by atoms with van der Waals surface area (Å²) in [7, 11) is 1.78. The molecule has 0 N–H and O–H groups in total. The summed E-state index contributed by atoms with van der Waals surface area (Å²) in [6.07, 6.45) is 8.64. The zero-order valence-corrected chi connectivity index (χ0v) is 31.9. The largest absolute Gasteiger partial charge is 0.461 e. The number of esters is 1. The summed E-state index contributed by atoms with van der Waals surface area (Å²) >= 11 is 0. The third-order valence-electron chi connectivity index (χ3n) is 10.9. The van der Waals surface area contributed by atoms with Crippen LogP contribution in [0.4, 0.5) is 25.1 Å². The number of halogens is 2. The number of aromatic nitrogens is 4. The van der Waals surface area contributed by atoms with Gasteiger partial charge in [-0.3, -0.25) is 14.2 Å². The van der Waals surface area contributed by atoms with Crippen LogP contribution in [0.5, 0.6) is 0 Å². The molecule has 10 nitrogen and oxygen atoms in total. The van der Waals surface area contributed by atoms with Gasteiger partial charge in [-0.15, -0.1) is 0 Å². The quantitative estimate of drug-likeness (QED) is 0.166. The summed E-state index contributed by atoms with van der Waals surface area (Å²) in [5, 5.41) is 9.60. The number of hydrogen-bond donors (Lipinski definition) is 0. The Bertz CT molecular complexity index is 1950. The number of carbonyl (C=O) groups excluding carboxylic acids is 2. The number of fused-ring (bicyclic) bond motifs is 2. The van der Waals surface area contributed by atoms with Crippen LogP contribution in [0.25, 0.3) is 11.1 Å². The molecule has 1 fully saturated rings. The van der Waals surface area contributed by atoms with Gasteiger partial charge in [0.25, 0.3) is 6.43 Å². The van der Waals surface area contributed by atoms with Crippen molar-refractivity contribution in [2.24, 2.45) is 13.0 Å². The first-order chi connectivity index (χ1) is 25.9. The third-order valence-corrected chi connectivity index (χ3v) is 10.9. The van der Waals surface area contributed by atoms with Crippen LogP contribution < -0.4 is 4.90 Å². The topological polar surface area (TPSA) is 94.7 Å². The Balaban J connectivity index is 1.19. The highest BCUT2D eigenvalue weighted by atomic mass is 19.3. The van der Waals surface area contributed by atoms with Crippen molar-refractivity contribution in [3.05, 3.63) is 82.8 Å². The maximum absolute atomic E-state index is 14.8. The number of rotatable bonds is 8. The normalized spacial score (nSPS) is 19.2. The monoisotopic (exact) mass is 742 g/mol. The summed E-state index contributed by atoms with van der Waals surface area (Å²) in [5.74, 6) is 0.776. The van der Waals surface area contributed by atoms with Crippen molar-refractivity contribution in [1.82, 2.24) is 24.5 Å². The van der Waals surface area contributed by atoms with E-state index in [1.807, 2.05) is 57.2 Å². The van der Waals surface area contributed by atoms with Crippen molar-refractivity contribution in [3.63, 3.8) is 0 Å². The van der Waals surface area contributed by atoms with Crippen LogP contribution in [0.3, 0.4) is 0 Å². The standard InChI is InChI=1S/C42H52F2N6O4/c1-42(2,3)54-41(52)48-20-18-36-35(26-48)40(49-19-10-14-30-22-33(31-24-45-47(4)25-31)34(39(43)44)23-37(30)49)46-50(36)32-15-9-8-11-28(16-17-32)21-38(51)53-27-29-12-6-5-7-13-29/h5-7,12-13,22-25,28,32,39H,8-11,14-21,26-27H2,1-4H3. The summed E-state index contributed by atoms with van der Waals surface area (Å²) in [6.45, 7) is 7.30. The van der Waals surface area contributed by atoms with Crippen LogP contribution in [0.1, 0.15) is 113 Å². The molecule has 0 saturated heterocycles. The fourth-order valence-electron chi connectivity index (χ4n) is 8.30. The lowest BCUT2D eigenvalue weighted by Crippen LogP contribution is -2.40. The van der Waals surface area contributed by atoms with Crippen molar-refractivity contribution in [2.45, 2.75) is 116 Å². The van der Waals surface area contributed by atoms with E-state index in [4.69, 9.17) is 14.6 Å². The van der Waals surface area contributed by atoms with E-state index in [0.717, 1.165) is 85.3 Å². The number of anilines is 2. The lowest BCUT2D eigenvalue weighted by atomic mass is 9.87. The molecule has 1 aliphatic carbocycles. The second-order valence-electron chi connectivity index (χ2n) is 16.1. The molecule has 2 unspecified atom stereocenters. The van der Waals surface area contributed by atoms with Gasteiger partial charge in [0, 0.05) is 67.2 Å². The summed E-state index contributed by atoms with van der Waals surface area (Å²) in [6, 6.07) is 13.4. The van der Waals surface area contributed by atoms with Gasteiger partial charge in [0.2, 0.25) is 0 Å². The van der Waals surface area contributed by atoms with E-state index in [1.165, 1.54) is 0 Å². The Labute approximate surface area is 316 Å². The SMILES string of the molecule is Cn1cc(-c2cc3c(cc2C(F)F)N(c2nn(C4CCCCC(CC(=O)OCc5ccccc5)CC4)c4c2CN(C(=O)OC(C)(C)C)CC4)CCC3)cn1. The predicted molar refractivity (Wildman–Crippen MR) is 203 cm³/mol. The fourth-order valence-corrected chi connectivity index (χ4v) is 8.30. The van der Waals surface area contributed by atoms with Crippen molar-refractivity contribution in [3.8, 4) is 11.1 Å². The van der Waals surface area contributed by atoms with Crippen LogP contribution in [0.2, 0.25) is 0 Å². The van der Waals surface area contributed by atoms with Gasteiger partial charge in [-0.05, 0) is 94.0 Å². The number of ether oxygens (including phenoxy) is 2. The lowest BCUT2D eigenvalue weighted by molar-refractivity contribution is -0.146. The van der Waals surface area contributed by atoms with E-state index in [1.54, 1.807) is 35.1 Å². The minimum atomic E-state index is -2.68. The first kappa shape index (κ1) is 37.6. The zero-order chi connectivity index (χ0) is 38.0. The molecule has 0 bridgehead atoms. The highest BCUT2D eigenvalue weighted by Crippen LogP contribution is 2.44. The van der Waals surface area contributed by atoms with E-state index in [9.17, 15) is 18.4 Å². The number of aryl methyl sites for hydroxylation is 2. The van der Waals surface area contributed by atoms with Gasteiger partial charge in [0.1, 0.15) is 12.2 Å². The smallest absolute Gasteiger partial charge is 0.410 e. The highest BCUT2D eigenvalue weighted by Gasteiger charge is 2.36. The minimum Gasteiger partial charge on any atom is -0.461 e.